The van der Waals surface area contributed by atoms with Crippen molar-refractivity contribution in [1.82, 2.24) is 10.6 Å². The minimum Gasteiger partial charge on any atom is -0.481 e. The lowest BCUT2D eigenvalue weighted by Gasteiger charge is -2.22. The van der Waals surface area contributed by atoms with Gasteiger partial charge < -0.3 is 15.7 Å². The van der Waals surface area contributed by atoms with Crippen LogP contribution in [0.25, 0.3) is 0 Å². The maximum atomic E-state index is 11.9. The molecule has 5 nitrogen and oxygen atoms in total. The van der Waals surface area contributed by atoms with Crippen LogP contribution in [-0.2, 0) is 4.79 Å². The van der Waals surface area contributed by atoms with E-state index in [4.69, 9.17) is 5.11 Å². The first kappa shape index (κ1) is 13.7. The summed E-state index contributed by atoms with van der Waals surface area (Å²) in [7, 11) is 0. The van der Waals surface area contributed by atoms with Gasteiger partial charge in [-0.3, -0.25) is 4.79 Å². The molecule has 0 spiro atoms. The molecule has 20 heavy (non-hydrogen) atoms. The van der Waals surface area contributed by atoms with Gasteiger partial charge in [0, 0.05) is 12.6 Å². The second-order valence-electron chi connectivity index (χ2n) is 6.83. The predicted molar refractivity (Wildman–Crippen MR) is 74.2 cm³/mol. The number of carboxylic acids is 1. The predicted octanol–water partition coefficient (Wildman–Crippen LogP) is 1.98. The normalized spacial score (nSPS) is 38.9. The van der Waals surface area contributed by atoms with Crippen molar-refractivity contribution in [1.29, 1.82) is 0 Å². The summed E-state index contributed by atoms with van der Waals surface area (Å²) in [5, 5.41) is 14.8. The van der Waals surface area contributed by atoms with Crippen molar-refractivity contribution in [3.63, 3.8) is 0 Å². The monoisotopic (exact) mass is 280 g/mol. The molecule has 0 saturated heterocycles. The Morgan fingerprint density at radius 3 is 2.50 bits per heavy atom. The maximum absolute atomic E-state index is 11.9. The Hall–Kier alpha value is -1.26. The summed E-state index contributed by atoms with van der Waals surface area (Å²) in [6.07, 6.45) is 7.36. The third-order valence-electron chi connectivity index (χ3n) is 5.53. The van der Waals surface area contributed by atoms with Crippen LogP contribution in [0.3, 0.4) is 0 Å². The number of fused-ring (bicyclic) bond motifs is 2. The van der Waals surface area contributed by atoms with E-state index in [0.29, 0.717) is 18.8 Å². The summed E-state index contributed by atoms with van der Waals surface area (Å²) >= 11 is 0. The molecule has 5 unspecified atom stereocenters. The van der Waals surface area contributed by atoms with Crippen molar-refractivity contribution in [3.8, 4) is 0 Å². The largest absolute Gasteiger partial charge is 0.481 e. The third-order valence-corrected chi connectivity index (χ3v) is 5.53. The molecule has 2 amide bonds. The second kappa shape index (κ2) is 5.62. The number of hydrogen-bond donors (Lipinski definition) is 3. The smallest absolute Gasteiger partial charge is 0.315 e. The summed E-state index contributed by atoms with van der Waals surface area (Å²) in [6.45, 7) is 0.780. The van der Waals surface area contributed by atoms with E-state index in [-0.39, 0.29) is 18.0 Å². The quantitative estimate of drug-likeness (QED) is 0.736. The van der Waals surface area contributed by atoms with Crippen LogP contribution in [0.4, 0.5) is 4.79 Å². The molecule has 3 fully saturated rings. The highest BCUT2D eigenvalue weighted by Gasteiger charge is 2.39. The van der Waals surface area contributed by atoms with Crippen LogP contribution in [0, 0.1) is 23.7 Å². The number of rotatable bonds is 4. The van der Waals surface area contributed by atoms with E-state index in [0.717, 1.165) is 24.8 Å². The summed E-state index contributed by atoms with van der Waals surface area (Å²) < 4.78 is 0. The van der Waals surface area contributed by atoms with Gasteiger partial charge in [0.2, 0.25) is 0 Å². The lowest BCUT2D eigenvalue weighted by atomic mass is 9.89. The lowest BCUT2D eigenvalue weighted by molar-refractivity contribution is -0.141. The van der Waals surface area contributed by atoms with Gasteiger partial charge in [0.05, 0.1) is 5.92 Å². The molecule has 0 heterocycles. The molecule has 0 aromatic heterocycles. The molecule has 0 aromatic rings. The van der Waals surface area contributed by atoms with Gasteiger partial charge in [0.25, 0.3) is 0 Å². The van der Waals surface area contributed by atoms with Crippen molar-refractivity contribution in [2.45, 2.75) is 51.0 Å². The first-order chi connectivity index (χ1) is 9.61. The van der Waals surface area contributed by atoms with Crippen LogP contribution in [0.15, 0.2) is 0 Å². The Labute approximate surface area is 119 Å². The van der Waals surface area contributed by atoms with E-state index in [2.05, 4.69) is 10.6 Å². The standard InChI is InChI=1S/C15H24N2O3/c18-14(19)11-3-4-13(7-11)17-15(20)16-8-12-6-9-1-2-10(12)5-9/h9-13H,1-8H2,(H,18,19)(H2,16,17,20). The first-order valence-corrected chi connectivity index (χ1v) is 7.89. The molecule has 0 radical (unpaired) electrons. The maximum Gasteiger partial charge on any atom is 0.315 e. The number of amides is 2. The summed E-state index contributed by atoms with van der Waals surface area (Å²) in [6, 6.07) is -0.0973. The molecular formula is C15H24N2O3. The van der Waals surface area contributed by atoms with Crippen molar-refractivity contribution in [3.05, 3.63) is 0 Å². The van der Waals surface area contributed by atoms with Crippen molar-refractivity contribution in [2.75, 3.05) is 6.54 Å². The van der Waals surface area contributed by atoms with Crippen LogP contribution in [-0.4, -0.2) is 29.7 Å². The number of urea groups is 1. The van der Waals surface area contributed by atoms with Gasteiger partial charge in [-0.15, -0.1) is 0 Å². The Morgan fingerprint density at radius 1 is 1.05 bits per heavy atom. The molecule has 5 heteroatoms. The van der Waals surface area contributed by atoms with Crippen LogP contribution < -0.4 is 10.6 Å². The molecule has 3 aliphatic rings. The highest BCUT2D eigenvalue weighted by Crippen LogP contribution is 2.47. The topological polar surface area (TPSA) is 78.4 Å². The first-order valence-electron chi connectivity index (χ1n) is 7.89. The number of carbonyl (C=O) groups excluding carboxylic acids is 1. The number of carbonyl (C=O) groups is 2. The molecule has 3 rings (SSSR count). The van der Waals surface area contributed by atoms with Crippen molar-refractivity contribution >= 4 is 12.0 Å². The number of carboxylic acid groups (broad SMARTS) is 1. The van der Waals surface area contributed by atoms with E-state index >= 15 is 0 Å². The minimum atomic E-state index is -0.739. The average molecular weight is 280 g/mol. The molecule has 2 bridgehead atoms. The Morgan fingerprint density at radius 2 is 1.90 bits per heavy atom. The molecule has 112 valence electrons. The van der Waals surface area contributed by atoms with Gasteiger partial charge in [-0.05, 0) is 56.3 Å². The third kappa shape index (κ3) is 2.91. The van der Waals surface area contributed by atoms with E-state index in [1.807, 2.05) is 0 Å². The minimum absolute atomic E-state index is 0.0242. The van der Waals surface area contributed by atoms with E-state index in [9.17, 15) is 9.59 Å². The number of nitrogens with one attached hydrogen (secondary N) is 2. The molecule has 3 N–H and O–H groups in total. The SMILES string of the molecule is O=C(NCC1CC2CCC1C2)NC1CCC(C(=O)O)C1. The van der Waals surface area contributed by atoms with E-state index in [1.54, 1.807) is 0 Å². The highest BCUT2D eigenvalue weighted by atomic mass is 16.4. The summed E-state index contributed by atoms with van der Waals surface area (Å²) in [4.78, 5) is 22.7. The summed E-state index contributed by atoms with van der Waals surface area (Å²) in [5.41, 5.74) is 0. The molecule has 3 aliphatic carbocycles. The van der Waals surface area contributed by atoms with Gasteiger partial charge in [0.1, 0.15) is 0 Å². The zero-order valence-corrected chi connectivity index (χ0v) is 11.8. The fourth-order valence-electron chi connectivity index (χ4n) is 4.42. The Balaban J connectivity index is 1.37. The van der Waals surface area contributed by atoms with Gasteiger partial charge >= 0.3 is 12.0 Å². The Bertz CT molecular complexity index is 399. The van der Waals surface area contributed by atoms with Crippen LogP contribution in [0.2, 0.25) is 0 Å². The molecule has 0 aliphatic heterocycles. The molecule has 5 atom stereocenters. The average Bonchev–Trinajstić information content (AvgIpc) is 3.11. The number of hydrogen-bond acceptors (Lipinski definition) is 2. The second-order valence-corrected chi connectivity index (χ2v) is 6.83. The Kier molecular flexibility index (Phi) is 3.85. The molecule has 0 aromatic carbocycles. The fourth-order valence-corrected chi connectivity index (χ4v) is 4.42. The van der Waals surface area contributed by atoms with E-state index < -0.39 is 5.97 Å². The molecule has 3 saturated carbocycles. The summed E-state index contributed by atoms with van der Waals surface area (Å²) in [5.74, 6) is 1.36. The zero-order chi connectivity index (χ0) is 14.1. The number of aliphatic carboxylic acids is 1. The lowest BCUT2D eigenvalue weighted by Crippen LogP contribution is -2.43. The van der Waals surface area contributed by atoms with Crippen LogP contribution in [0.1, 0.15) is 44.9 Å². The highest BCUT2D eigenvalue weighted by molar-refractivity contribution is 5.75. The van der Waals surface area contributed by atoms with Gasteiger partial charge in [-0.2, -0.15) is 0 Å². The van der Waals surface area contributed by atoms with Crippen LogP contribution >= 0.6 is 0 Å². The van der Waals surface area contributed by atoms with Crippen molar-refractivity contribution < 1.29 is 14.7 Å². The van der Waals surface area contributed by atoms with Gasteiger partial charge in [-0.1, -0.05) is 6.42 Å². The zero-order valence-electron chi connectivity index (χ0n) is 11.8. The van der Waals surface area contributed by atoms with E-state index in [1.165, 1.54) is 25.7 Å². The van der Waals surface area contributed by atoms with Gasteiger partial charge in [0.15, 0.2) is 0 Å². The molecular weight excluding hydrogens is 256 g/mol. The fraction of sp³-hybridized carbons (Fsp3) is 0.867. The van der Waals surface area contributed by atoms with Crippen LogP contribution in [0.5, 0.6) is 0 Å². The van der Waals surface area contributed by atoms with Gasteiger partial charge in [-0.25, -0.2) is 4.79 Å². The van der Waals surface area contributed by atoms with Crippen molar-refractivity contribution in [2.24, 2.45) is 23.7 Å².